The molecule has 0 aromatic heterocycles. The Balaban J connectivity index is 4.41. The average molecular weight is 186 g/mol. The van der Waals surface area contributed by atoms with Crippen LogP contribution in [0.4, 0.5) is 0 Å². The largest absolute Gasteiger partial charge is 0.469 e. The van der Waals surface area contributed by atoms with Crippen molar-refractivity contribution in [2.75, 3.05) is 7.11 Å². The Kier molecular flexibility index (Phi) is 3.95. The number of carbonyl (C=O) groups excluding carboxylic acids is 1. The second-order valence-electron chi connectivity index (χ2n) is 5.07. The highest BCUT2D eigenvalue weighted by Crippen LogP contribution is 2.36. The summed E-state index contributed by atoms with van der Waals surface area (Å²) in [5.41, 5.74) is -0.161. The number of carbonyl (C=O) groups is 1. The van der Waals surface area contributed by atoms with Gasteiger partial charge in [-0.1, -0.05) is 27.2 Å². The van der Waals surface area contributed by atoms with Crippen LogP contribution in [0.2, 0.25) is 0 Å². The van der Waals surface area contributed by atoms with Crippen LogP contribution in [-0.4, -0.2) is 13.1 Å². The minimum Gasteiger partial charge on any atom is -0.469 e. The Morgan fingerprint density at radius 1 is 1.23 bits per heavy atom. The van der Waals surface area contributed by atoms with Gasteiger partial charge in [0, 0.05) is 0 Å². The first kappa shape index (κ1) is 12.5. The lowest BCUT2D eigenvalue weighted by molar-refractivity contribution is -0.152. The predicted octanol–water partition coefficient (Wildman–Crippen LogP) is 3.01. The zero-order valence-electron chi connectivity index (χ0n) is 9.73. The molecule has 0 aromatic rings. The second kappa shape index (κ2) is 4.12. The third-order valence-electron chi connectivity index (χ3n) is 2.62. The van der Waals surface area contributed by atoms with Crippen LogP contribution in [-0.2, 0) is 9.53 Å². The molecule has 0 aliphatic carbocycles. The summed E-state index contributed by atoms with van der Waals surface area (Å²) in [5, 5.41) is 0. The van der Waals surface area contributed by atoms with E-state index in [0.717, 1.165) is 12.8 Å². The molecule has 0 aliphatic heterocycles. The van der Waals surface area contributed by atoms with E-state index in [-0.39, 0.29) is 16.8 Å². The van der Waals surface area contributed by atoms with Crippen LogP contribution >= 0.6 is 0 Å². The molecule has 0 atom stereocenters. The molecule has 13 heavy (non-hydrogen) atoms. The highest BCUT2D eigenvalue weighted by atomic mass is 16.5. The topological polar surface area (TPSA) is 26.3 Å². The summed E-state index contributed by atoms with van der Waals surface area (Å²) in [7, 11) is 1.45. The number of ether oxygens (including phenoxy) is 1. The van der Waals surface area contributed by atoms with Gasteiger partial charge in [-0.3, -0.25) is 4.79 Å². The van der Waals surface area contributed by atoms with Crippen LogP contribution in [0, 0.1) is 10.8 Å². The maximum absolute atomic E-state index is 11.4. The third kappa shape index (κ3) is 3.79. The number of hydrogen-bond donors (Lipinski definition) is 0. The first-order chi connectivity index (χ1) is 5.75. The molecular formula is C11H22O2. The molecule has 0 spiro atoms. The first-order valence-electron chi connectivity index (χ1n) is 4.83. The minimum absolute atomic E-state index is 0.117. The van der Waals surface area contributed by atoms with Crippen molar-refractivity contribution in [2.45, 2.75) is 47.5 Å². The van der Waals surface area contributed by atoms with Gasteiger partial charge in [0.15, 0.2) is 0 Å². The summed E-state index contributed by atoms with van der Waals surface area (Å²) < 4.78 is 4.77. The van der Waals surface area contributed by atoms with Crippen molar-refractivity contribution in [1.29, 1.82) is 0 Å². The van der Waals surface area contributed by atoms with Gasteiger partial charge in [0.05, 0.1) is 12.5 Å². The number of rotatable bonds is 4. The highest BCUT2D eigenvalue weighted by molar-refractivity contribution is 5.75. The molecule has 2 nitrogen and oxygen atoms in total. The smallest absolute Gasteiger partial charge is 0.311 e. The van der Waals surface area contributed by atoms with Gasteiger partial charge < -0.3 is 4.74 Å². The van der Waals surface area contributed by atoms with E-state index in [1.54, 1.807) is 0 Å². The Labute approximate surface area is 81.7 Å². The van der Waals surface area contributed by atoms with Crippen molar-refractivity contribution in [2.24, 2.45) is 10.8 Å². The summed E-state index contributed by atoms with van der Waals surface area (Å²) >= 11 is 0. The molecule has 0 aliphatic rings. The Morgan fingerprint density at radius 2 is 1.69 bits per heavy atom. The monoisotopic (exact) mass is 186 g/mol. The van der Waals surface area contributed by atoms with E-state index in [0.29, 0.717) is 0 Å². The van der Waals surface area contributed by atoms with E-state index in [9.17, 15) is 4.79 Å². The van der Waals surface area contributed by atoms with Crippen molar-refractivity contribution < 1.29 is 9.53 Å². The molecule has 0 bridgehead atoms. The van der Waals surface area contributed by atoms with E-state index in [1.807, 2.05) is 13.8 Å². The van der Waals surface area contributed by atoms with Crippen LogP contribution < -0.4 is 0 Å². The number of methoxy groups -OCH3 is 1. The van der Waals surface area contributed by atoms with Crippen LogP contribution in [0.1, 0.15) is 47.5 Å². The molecule has 0 fully saturated rings. The van der Waals surface area contributed by atoms with Gasteiger partial charge in [0.1, 0.15) is 0 Å². The Hall–Kier alpha value is -0.530. The zero-order valence-corrected chi connectivity index (χ0v) is 9.73. The first-order valence-corrected chi connectivity index (χ1v) is 4.83. The van der Waals surface area contributed by atoms with Gasteiger partial charge in [-0.05, 0) is 25.7 Å². The average Bonchev–Trinajstić information content (AvgIpc) is 2.01. The Bertz CT molecular complexity index is 181. The molecule has 0 radical (unpaired) electrons. The maximum Gasteiger partial charge on any atom is 0.311 e. The van der Waals surface area contributed by atoms with E-state index in [4.69, 9.17) is 4.74 Å². The third-order valence-corrected chi connectivity index (χ3v) is 2.62. The van der Waals surface area contributed by atoms with Crippen molar-refractivity contribution in [3.05, 3.63) is 0 Å². The molecule has 0 aromatic carbocycles. The summed E-state index contributed by atoms with van der Waals surface area (Å²) in [4.78, 5) is 11.4. The molecule has 0 saturated heterocycles. The molecule has 0 saturated carbocycles. The number of hydrogen-bond acceptors (Lipinski definition) is 2. The Morgan fingerprint density at radius 3 is 2.00 bits per heavy atom. The molecule has 0 heterocycles. The summed E-state index contributed by atoms with van der Waals surface area (Å²) in [6, 6.07) is 0. The zero-order chi connectivity index (χ0) is 10.7. The summed E-state index contributed by atoms with van der Waals surface area (Å²) in [5.74, 6) is -0.117. The fraction of sp³-hybridized carbons (Fsp3) is 0.909. The van der Waals surface area contributed by atoms with Crippen molar-refractivity contribution in [3.8, 4) is 0 Å². The predicted molar refractivity (Wildman–Crippen MR) is 54.5 cm³/mol. The lowest BCUT2D eigenvalue weighted by Gasteiger charge is -2.32. The van der Waals surface area contributed by atoms with Crippen LogP contribution in [0.15, 0.2) is 0 Å². The van der Waals surface area contributed by atoms with E-state index >= 15 is 0 Å². The second-order valence-corrected chi connectivity index (χ2v) is 5.07. The van der Waals surface area contributed by atoms with Crippen LogP contribution in [0.5, 0.6) is 0 Å². The van der Waals surface area contributed by atoms with Crippen molar-refractivity contribution in [3.63, 3.8) is 0 Å². The lowest BCUT2D eigenvalue weighted by atomic mass is 9.74. The fourth-order valence-electron chi connectivity index (χ4n) is 1.67. The highest BCUT2D eigenvalue weighted by Gasteiger charge is 2.34. The molecule has 2 heteroatoms. The number of esters is 1. The van der Waals surface area contributed by atoms with E-state index < -0.39 is 0 Å². The normalized spacial score (nSPS) is 12.8. The molecule has 0 unspecified atom stereocenters. The van der Waals surface area contributed by atoms with Crippen LogP contribution in [0.3, 0.4) is 0 Å². The minimum atomic E-state index is -0.367. The fourth-order valence-corrected chi connectivity index (χ4v) is 1.67. The summed E-state index contributed by atoms with van der Waals surface area (Å²) in [6.07, 6.45) is 1.94. The maximum atomic E-state index is 11.4. The molecule has 0 N–H and O–H groups in total. The quantitative estimate of drug-likeness (QED) is 0.631. The van der Waals surface area contributed by atoms with E-state index in [1.165, 1.54) is 7.11 Å². The van der Waals surface area contributed by atoms with Gasteiger partial charge in [-0.2, -0.15) is 0 Å². The van der Waals surface area contributed by atoms with Crippen LogP contribution in [0.25, 0.3) is 0 Å². The van der Waals surface area contributed by atoms with E-state index in [2.05, 4.69) is 20.8 Å². The van der Waals surface area contributed by atoms with Gasteiger partial charge in [0.2, 0.25) is 0 Å². The van der Waals surface area contributed by atoms with Crippen molar-refractivity contribution in [1.82, 2.24) is 0 Å². The SMILES string of the molecule is CCC(C)(C)CC(C)(C)C(=O)OC. The standard InChI is InChI=1S/C11H22O2/c1-7-10(2,3)8-11(4,5)9(12)13-6/h7-8H2,1-6H3. The molecule has 78 valence electrons. The molecular weight excluding hydrogens is 164 g/mol. The molecule has 0 amide bonds. The van der Waals surface area contributed by atoms with Gasteiger partial charge in [-0.15, -0.1) is 0 Å². The van der Waals surface area contributed by atoms with Crippen molar-refractivity contribution >= 4 is 5.97 Å². The van der Waals surface area contributed by atoms with Gasteiger partial charge in [-0.25, -0.2) is 0 Å². The van der Waals surface area contributed by atoms with Gasteiger partial charge in [0.25, 0.3) is 0 Å². The molecule has 0 rings (SSSR count). The summed E-state index contributed by atoms with van der Waals surface area (Å²) in [6.45, 7) is 10.4. The lowest BCUT2D eigenvalue weighted by Crippen LogP contribution is -2.31. The van der Waals surface area contributed by atoms with Gasteiger partial charge >= 0.3 is 5.97 Å².